The monoisotopic (exact) mass is 497 g/mol. The van der Waals surface area contributed by atoms with Crippen LogP contribution in [0.1, 0.15) is 5.56 Å². The van der Waals surface area contributed by atoms with Crippen molar-refractivity contribution in [1.82, 2.24) is 24.6 Å². The number of ether oxygens (including phenoxy) is 1. The fraction of sp³-hybridized carbons (Fsp3) is 0.300. The van der Waals surface area contributed by atoms with Gasteiger partial charge in [-0.15, -0.1) is 0 Å². The third-order valence-electron chi connectivity index (χ3n) is 4.87. The number of morpholine rings is 1. The first-order chi connectivity index (χ1) is 15.9. The van der Waals surface area contributed by atoms with Crippen LogP contribution in [0.5, 0.6) is 0 Å². The lowest BCUT2D eigenvalue weighted by Gasteiger charge is -2.26. The molecule has 0 aliphatic carbocycles. The van der Waals surface area contributed by atoms with Gasteiger partial charge in [-0.2, -0.15) is 10.1 Å². The molecular weight excluding hydrogens is 479 g/mol. The maximum absolute atomic E-state index is 14.2. The third kappa shape index (κ3) is 5.67. The minimum absolute atomic E-state index is 0.0654. The van der Waals surface area contributed by atoms with E-state index in [0.29, 0.717) is 32.0 Å². The second-order valence-electron chi connectivity index (χ2n) is 7.11. The largest absolute Gasteiger partial charge is 0.378 e. The summed E-state index contributed by atoms with van der Waals surface area (Å²) in [7, 11) is 0. The number of nitrogens with one attached hydrogen (secondary N) is 2. The van der Waals surface area contributed by atoms with E-state index in [1.165, 1.54) is 23.0 Å². The number of benzene rings is 1. The summed E-state index contributed by atoms with van der Waals surface area (Å²) in [5.41, 5.74) is 0.592. The van der Waals surface area contributed by atoms with Crippen molar-refractivity contribution >= 4 is 46.6 Å². The van der Waals surface area contributed by atoms with E-state index >= 15 is 0 Å². The highest BCUT2D eigenvalue weighted by molar-refractivity contribution is 6.33. The number of aromatic nitrogens is 4. The molecule has 1 amide bonds. The summed E-state index contributed by atoms with van der Waals surface area (Å²) in [4.78, 5) is 22.0. The molecule has 1 saturated heterocycles. The molecule has 0 bridgehead atoms. The fourth-order valence-corrected chi connectivity index (χ4v) is 3.54. The Morgan fingerprint density at radius 1 is 1.15 bits per heavy atom. The number of amides is 1. The summed E-state index contributed by atoms with van der Waals surface area (Å²) in [6.07, 6.45) is 4.08. The van der Waals surface area contributed by atoms with Gasteiger partial charge in [0.15, 0.2) is 11.6 Å². The third-order valence-corrected chi connectivity index (χ3v) is 5.51. The summed E-state index contributed by atoms with van der Waals surface area (Å²) >= 11 is 11.8. The van der Waals surface area contributed by atoms with E-state index < -0.39 is 11.6 Å². The van der Waals surface area contributed by atoms with Crippen molar-refractivity contribution in [3.05, 3.63) is 58.0 Å². The van der Waals surface area contributed by atoms with Gasteiger partial charge in [-0.3, -0.25) is 9.48 Å². The summed E-state index contributed by atoms with van der Waals surface area (Å²) in [6.45, 7) is 2.08. The highest BCUT2D eigenvalue weighted by Crippen LogP contribution is 2.26. The SMILES string of the molecule is O=C(Cn1cc(Nc2ncc(F)c(NCc3c(Cl)ccc(Cl)c3F)n2)cn1)N1CCOCC1. The van der Waals surface area contributed by atoms with E-state index in [0.717, 1.165) is 6.20 Å². The van der Waals surface area contributed by atoms with Crippen molar-refractivity contribution in [2.75, 3.05) is 36.9 Å². The number of halogens is 4. The van der Waals surface area contributed by atoms with Crippen molar-refractivity contribution in [2.45, 2.75) is 13.1 Å². The Bertz CT molecular complexity index is 1160. The number of anilines is 3. The molecule has 0 unspecified atom stereocenters. The van der Waals surface area contributed by atoms with Crippen LogP contribution in [0.25, 0.3) is 0 Å². The maximum atomic E-state index is 14.2. The number of carbonyl (C=O) groups is 1. The van der Waals surface area contributed by atoms with Crippen LogP contribution in [0, 0.1) is 11.6 Å². The molecule has 1 aliphatic heterocycles. The van der Waals surface area contributed by atoms with Gasteiger partial charge < -0.3 is 20.3 Å². The molecule has 33 heavy (non-hydrogen) atoms. The van der Waals surface area contributed by atoms with Crippen LogP contribution in [0.3, 0.4) is 0 Å². The number of nitrogens with zero attached hydrogens (tertiary/aromatic N) is 5. The molecule has 1 fully saturated rings. The Hall–Kier alpha value is -3.02. The van der Waals surface area contributed by atoms with Crippen molar-refractivity contribution in [2.24, 2.45) is 0 Å². The molecular formula is C20H19Cl2F2N7O2. The smallest absolute Gasteiger partial charge is 0.244 e. The average molecular weight is 498 g/mol. The summed E-state index contributed by atoms with van der Waals surface area (Å²) in [5, 5.41) is 9.81. The lowest BCUT2D eigenvalue weighted by atomic mass is 10.2. The molecule has 2 aromatic heterocycles. The Morgan fingerprint density at radius 2 is 1.91 bits per heavy atom. The van der Waals surface area contributed by atoms with Gasteiger partial charge in [0.05, 0.1) is 36.3 Å². The van der Waals surface area contributed by atoms with E-state index in [-0.39, 0.29) is 46.4 Å². The summed E-state index contributed by atoms with van der Waals surface area (Å²) < 4.78 is 35.1. The first-order valence-electron chi connectivity index (χ1n) is 9.94. The zero-order valence-electron chi connectivity index (χ0n) is 17.2. The molecule has 174 valence electrons. The Morgan fingerprint density at radius 3 is 2.70 bits per heavy atom. The molecule has 9 nitrogen and oxygen atoms in total. The van der Waals surface area contributed by atoms with Crippen LogP contribution in [0.4, 0.5) is 26.2 Å². The Labute approximate surface area is 197 Å². The normalized spacial score (nSPS) is 13.8. The molecule has 13 heteroatoms. The maximum Gasteiger partial charge on any atom is 0.244 e. The Balaban J connectivity index is 1.40. The van der Waals surface area contributed by atoms with Crippen LogP contribution in [0.15, 0.2) is 30.7 Å². The zero-order chi connectivity index (χ0) is 23.4. The number of hydrogen-bond acceptors (Lipinski definition) is 7. The predicted octanol–water partition coefficient (Wildman–Crippen LogP) is 3.47. The first-order valence-corrected chi connectivity index (χ1v) is 10.7. The second kappa shape index (κ2) is 10.3. The summed E-state index contributed by atoms with van der Waals surface area (Å²) in [6, 6.07) is 2.79. The molecule has 3 aromatic rings. The topological polar surface area (TPSA) is 97.2 Å². The van der Waals surface area contributed by atoms with Crippen molar-refractivity contribution in [3.8, 4) is 0 Å². The molecule has 1 aromatic carbocycles. The quantitative estimate of drug-likeness (QED) is 0.482. The van der Waals surface area contributed by atoms with Gasteiger partial charge in [0.25, 0.3) is 0 Å². The van der Waals surface area contributed by atoms with Crippen LogP contribution in [0.2, 0.25) is 10.0 Å². The van der Waals surface area contributed by atoms with E-state index in [4.69, 9.17) is 27.9 Å². The molecule has 0 spiro atoms. The summed E-state index contributed by atoms with van der Waals surface area (Å²) in [5.74, 6) is -1.56. The van der Waals surface area contributed by atoms with Crippen molar-refractivity contribution in [1.29, 1.82) is 0 Å². The minimum Gasteiger partial charge on any atom is -0.378 e. The Kier molecular flexibility index (Phi) is 7.21. The lowest BCUT2D eigenvalue weighted by molar-refractivity contribution is -0.136. The molecule has 0 radical (unpaired) electrons. The van der Waals surface area contributed by atoms with Crippen molar-refractivity contribution in [3.63, 3.8) is 0 Å². The van der Waals surface area contributed by atoms with Gasteiger partial charge in [0.2, 0.25) is 11.9 Å². The van der Waals surface area contributed by atoms with Crippen molar-refractivity contribution < 1.29 is 18.3 Å². The lowest BCUT2D eigenvalue weighted by Crippen LogP contribution is -2.42. The highest BCUT2D eigenvalue weighted by atomic mass is 35.5. The molecule has 4 rings (SSSR count). The van der Waals surface area contributed by atoms with Gasteiger partial charge in [0.1, 0.15) is 12.4 Å². The van der Waals surface area contributed by atoms with Crippen LogP contribution in [-0.4, -0.2) is 56.9 Å². The number of hydrogen-bond donors (Lipinski definition) is 2. The predicted molar refractivity (Wildman–Crippen MR) is 119 cm³/mol. The molecule has 3 heterocycles. The average Bonchev–Trinajstić information content (AvgIpc) is 3.25. The van der Waals surface area contributed by atoms with Gasteiger partial charge in [-0.05, 0) is 12.1 Å². The van der Waals surface area contributed by atoms with Gasteiger partial charge in [-0.1, -0.05) is 23.2 Å². The number of carbonyl (C=O) groups excluding carboxylic acids is 1. The van der Waals surface area contributed by atoms with Crippen LogP contribution in [-0.2, 0) is 22.6 Å². The fourth-order valence-electron chi connectivity index (χ4n) is 3.15. The van der Waals surface area contributed by atoms with Gasteiger partial charge >= 0.3 is 0 Å². The number of rotatable bonds is 7. The van der Waals surface area contributed by atoms with Gasteiger partial charge in [-0.25, -0.2) is 13.8 Å². The van der Waals surface area contributed by atoms with E-state index in [1.807, 2.05) is 0 Å². The first kappa shape index (κ1) is 23.1. The molecule has 0 saturated carbocycles. The minimum atomic E-state index is -0.731. The highest BCUT2D eigenvalue weighted by Gasteiger charge is 2.18. The molecule has 1 aliphatic rings. The van der Waals surface area contributed by atoms with Gasteiger partial charge in [0, 0.05) is 36.4 Å². The molecule has 0 atom stereocenters. The van der Waals surface area contributed by atoms with Crippen LogP contribution < -0.4 is 10.6 Å². The standard InChI is InChI=1S/C20H19Cl2F2N7O2/c21-14-1-2-15(22)18(24)13(14)8-25-19-16(23)9-26-20(29-19)28-12-7-27-31(10-12)11-17(32)30-3-5-33-6-4-30/h1-2,7,9-10H,3-6,8,11H2,(H2,25,26,28,29). The van der Waals surface area contributed by atoms with E-state index in [1.54, 1.807) is 11.1 Å². The van der Waals surface area contributed by atoms with Crippen LogP contribution >= 0.6 is 23.2 Å². The van der Waals surface area contributed by atoms with E-state index in [9.17, 15) is 13.6 Å². The van der Waals surface area contributed by atoms with E-state index in [2.05, 4.69) is 25.7 Å². The molecule has 2 N–H and O–H groups in total. The second-order valence-corrected chi connectivity index (χ2v) is 7.92. The zero-order valence-corrected chi connectivity index (χ0v) is 18.7.